The number of nitrogens with two attached hydrogens (primary N) is 1. The summed E-state index contributed by atoms with van der Waals surface area (Å²) in [6.45, 7) is 0. The van der Waals surface area contributed by atoms with Crippen LogP contribution in [0, 0.1) is 0 Å². The first-order chi connectivity index (χ1) is 13.1. The summed E-state index contributed by atoms with van der Waals surface area (Å²) < 4.78 is 6.49. The van der Waals surface area contributed by atoms with Crippen LogP contribution in [0.25, 0.3) is 28.2 Å². The Hall–Kier alpha value is -4.01. The molecule has 3 heterocycles. The molecule has 1 aromatic carbocycles. The third-order valence-electron chi connectivity index (χ3n) is 4.02. The summed E-state index contributed by atoms with van der Waals surface area (Å²) in [5.41, 5.74) is 6.51. The fourth-order valence-corrected chi connectivity index (χ4v) is 2.76. The molecule has 0 atom stereocenters. The number of H-pyrrole nitrogens is 1. The predicted octanol–water partition coefficient (Wildman–Crippen LogP) is 1.28. The molecule has 0 saturated carbocycles. The number of nitrogens with zero attached hydrogens (tertiary/aromatic N) is 4. The zero-order chi connectivity index (χ0) is 19.0. The van der Waals surface area contributed by atoms with Crippen molar-refractivity contribution in [2.45, 2.75) is 0 Å². The first kappa shape index (κ1) is 16.5. The van der Waals surface area contributed by atoms with Crippen LogP contribution in [0.1, 0.15) is 10.5 Å². The first-order valence-corrected chi connectivity index (χ1v) is 7.96. The lowest BCUT2D eigenvalue weighted by Gasteiger charge is -2.07. The number of amides is 1. The summed E-state index contributed by atoms with van der Waals surface area (Å²) in [4.78, 5) is 39.8. The number of ether oxygens (including phenoxy) is 1. The van der Waals surface area contributed by atoms with Gasteiger partial charge in [-0.05, 0) is 36.4 Å². The van der Waals surface area contributed by atoms with E-state index in [1.807, 2.05) is 0 Å². The van der Waals surface area contributed by atoms with Crippen LogP contribution < -0.4 is 16.2 Å². The molecule has 0 bridgehead atoms. The van der Waals surface area contributed by atoms with E-state index < -0.39 is 11.6 Å². The Morgan fingerprint density at radius 1 is 1.19 bits per heavy atom. The third-order valence-corrected chi connectivity index (χ3v) is 4.02. The van der Waals surface area contributed by atoms with Gasteiger partial charge in [-0.1, -0.05) is 0 Å². The number of carbonyl (C=O) groups is 1. The smallest absolute Gasteiger partial charge is 0.332 e. The lowest BCUT2D eigenvalue weighted by molar-refractivity contribution is 0.0997. The fraction of sp³-hybridized carbons (Fsp3) is 0.0556. The van der Waals surface area contributed by atoms with Crippen LogP contribution in [0.2, 0.25) is 0 Å². The second-order valence-electron chi connectivity index (χ2n) is 5.66. The van der Waals surface area contributed by atoms with E-state index in [-0.39, 0.29) is 22.7 Å². The van der Waals surface area contributed by atoms with Crippen molar-refractivity contribution in [1.29, 1.82) is 0 Å². The van der Waals surface area contributed by atoms with Gasteiger partial charge in [0.25, 0.3) is 5.91 Å². The molecule has 0 unspecified atom stereocenters. The predicted molar refractivity (Wildman–Crippen MR) is 97.8 cm³/mol. The van der Waals surface area contributed by atoms with Crippen LogP contribution >= 0.6 is 0 Å². The maximum absolute atomic E-state index is 12.6. The van der Waals surface area contributed by atoms with E-state index in [2.05, 4.69) is 19.9 Å². The molecule has 9 nitrogen and oxygen atoms in total. The molecule has 0 saturated heterocycles. The number of hydrogen-bond donors (Lipinski definition) is 2. The summed E-state index contributed by atoms with van der Waals surface area (Å²) in [5.74, 6) is 0.122. The third kappa shape index (κ3) is 2.80. The van der Waals surface area contributed by atoms with Gasteiger partial charge in [0.05, 0.1) is 12.8 Å². The number of nitrogens with one attached hydrogen (secondary N) is 1. The summed E-state index contributed by atoms with van der Waals surface area (Å²) in [7, 11) is 1.55. The van der Waals surface area contributed by atoms with Gasteiger partial charge in [0.15, 0.2) is 17.2 Å². The highest BCUT2D eigenvalue weighted by atomic mass is 16.5. The number of carbonyl (C=O) groups excluding carboxylic acids is 1. The van der Waals surface area contributed by atoms with Crippen LogP contribution in [0.5, 0.6) is 5.75 Å². The summed E-state index contributed by atoms with van der Waals surface area (Å²) in [6, 6.07) is 10.3. The van der Waals surface area contributed by atoms with Crippen molar-refractivity contribution in [1.82, 2.24) is 24.5 Å². The molecule has 9 heteroatoms. The van der Waals surface area contributed by atoms with E-state index in [1.54, 1.807) is 55.9 Å². The largest absolute Gasteiger partial charge is 0.497 e. The number of rotatable bonds is 4. The van der Waals surface area contributed by atoms with Gasteiger partial charge < -0.3 is 15.5 Å². The normalized spacial score (nSPS) is 10.9. The quantitative estimate of drug-likeness (QED) is 0.563. The van der Waals surface area contributed by atoms with Gasteiger partial charge in [-0.3, -0.25) is 9.78 Å². The average Bonchev–Trinajstić information content (AvgIpc) is 3.03. The molecule has 0 radical (unpaired) electrons. The maximum atomic E-state index is 12.6. The average molecular weight is 362 g/mol. The second-order valence-corrected chi connectivity index (χ2v) is 5.66. The van der Waals surface area contributed by atoms with Crippen LogP contribution in [0.4, 0.5) is 0 Å². The maximum Gasteiger partial charge on any atom is 0.332 e. The lowest BCUT2D eigenvalue weighted by atomic mass is 10.2. The number of aromatic nitrogens is 5. The van der Waals surface area contributed by atoms with E-state index in [4.69, 9.17) is 10.5 Å². The van der Waals surface area contributed by atoms with Crippen molar-refractivity contribution < 1.29 is 9.53 Å². The summed E-state index contributed by atoms with van der Waals surface area (Å²) in [6.07, 6.45) is 3.18. The van der Waals surface area contributed by atoms with Crippen molar-refractivity contribution in [3.05, 3.63) is 65.0 Å². The Morgan fingerprint density at radius 3 is 2.59 bits per heavy atom. The molecule has 4 rings (SSSR count). The molecule has 0 aliphatic heterocycles. The Morgan fingerprint density at radius 2 is 1.96 bits per heavy atom. The SMILES string of the molecule is COc1ccc(-n2c(=O)[nH]c3c(C(N)=O)nc(-c4cccnc4)nc32)cc1. The van der Waals surface area contributed by atoms with Crippen molar-refractivity contribution in [3.8, 4) is 22.8 Å². The molecule has 134 valence electrons. The molecule has 3 N–H and O–H groups in total. The van der Waals surface area contributed by atoms with Crippen molar-refractivity contribution in [3.63, 3.8) is 0 Å². The minimum Gasteiger partial charge on any atom is -0.497 e. The van der Waals surface area contributed by atoms with E-state index in [9.17, 15) is 9.59 Å². The zero-order valence-electron chi connectivity index (χ0n) is 14.2. The summed E-state index contributed by atoms with van der Waals surface area (Å²) >= 11 is 0. The van der Waals surface area contributed by atoms with Gasteiger partial charge in [0.2, 0.25) is 0 Å². The molecule has 27 heavy (non-hydrogen) atoms. The monoisotopic (exact) mass is 362 g/mol. The highest BCUT2D eigenvalue weighted by molar-refractivity contribution is 6.02. The van der Waals surface area contributed by atoms with E-state index in [0.717, 1.165) is 0 Å². The number of fused-ring (bicyclic) bond motifs is 1. The Balaban J connectivity index is 2.02. The van der Waals surface area contributed by atoms with Gasteiger partial charge in [0.1, 0.15) is 11.3 Å². The van der Waals surface area contributed by atoms with Gasteiger partial charge in [-0.2, -0.15) is 0 Å². The standard InChI is InChI=1S/C18H14N6O3/c1-27-12-6-4-11(5-7-12)24-17-14(22-18(24)26)13(15(19)25)21-16(23-17)10-3-2-8-20-9-10/h2-9H,1H3,(H2,19,25)(H,22,26). The molecule has 3 aromatic heterocycles. The number of benzene rings is 1. The minimum atomic E-state index is -0.768. The molecule has 0 spiro atoms. The first-order valence-electron chi connectivity index (χ1n) is 7.96. The van der Waals surface area contributed by atoms with Gasteiger partial charge in [-0.15, -0.1) is 0 Å². The van der Waals surface area contributed by atoms with Crippen LogP contribution in [-0.2, 0) is 0 Å². The second kappa shape index (κ2) is 6.37. The van der Waals surface area contributed by atoms with Crippen LogP contribution in [0.3, 0.4) is 0 Å². The highest BCUT2D eigenvalue weighted by Gasteiger charge is 2.20. The molecular weight excluding hydrogens is 348 g/mol. The van der Waals surface area contributed by atoms with Crippen molar-refractivity contribution in [2.75, 3.05) is 7.11 Å². The zero-order valence-corrected chi connectivity index (χ0v) is 14.2. The van der Waals surface area contributed by atoms with Gasteiger partial charge >= 0.3 is 5.69 Å². The van der Waals surface area contributed by atoms with E-state index in [1.165, 1.54) is 4.57 Å². The van der Waals surface area contributed by atoms with Crippen molar-refractivity contribution in [2.24, 2.45) is 5.73 Å². The van der Waals surface area contributed by atoms with Crippen molar-refractivity contribution >= 4 is 17.1 Å². The molecule has 0 aliphatic carbocycles. The fourth-order valence-electron chi connectivity index (χ4n) is 2.76. The minimum absolute atomic E-state index is 0.0665. The van der Waals surface area contributed by atoms with Gasteiger partial charge in [-0.25, -0.2) is 19.3 Å². The number of aromatic amines is 1. The Labute approximate surface area is 152 Å². The summed E-state index contributed by atoms with van der Waals surface area (Å²) in [5, 5.41) is 0. The molecule has 0 aliphatic rings. The lowest BCUT2D eigenvalue weighted by Crippen LogP contribution is -2.15. The number of methoxy groups -OCH3 is 1. The topological polar surface area (TPSA) is 129 Å². The number of primary amides is 1. The number of hydrogen-bond acceptors (Lipinski definition) is 6. The number of imidazole rings is 1. The molecule has 0 fully saturated rings. The van der Waals surface area contributed by atoms with Crippen LogP contribution in [-0.4, -0.2) is 37.5 Å². The van der Waals surface area contributed by atoms with E-state index >= 15 is 0 Å². The Bertz CT molecular complexity index is 1200. The van der Waals surface area contributed by atoms with Gasteiger partial charge in [0, 0.05) is 18.0 Å². The Kier molecular flexibility index (Phi) is 3.88. The molecular formula is C18H14N6O3. The van der Waals surface area contributed by atoms with Crippen LogP contribution in [0.15, 0.2) is 53.6 Å². The molecule has 4 aromatic rings. The molecule has 1 amide bonds. The highest BCUT2D eigenvalue weighted by Crippen LogP contribution is 2.22. The van der Waals surface area contributed by atoms with E-state index in [0.29, 0.717) is 17.0 Å². The number of pyridine rings is 1.